The molecule has 5 nitrogen and oxygen atoms in total. The molecule has 1 saturated heterocycles. The molecule has 3 rings (SSSR count). The van der Waals surface area contributed by atoms with Crippen LogP contribution in [0.15, 0.2) is 42.5 Å². The molecule has 1 heterocycles. The van der Waals surface area contributed by atoms with Crippen molar-refractivity contribution in [3.63, 3.8) is 0 Å². The predicted molar refractivity (Wildman–Crippen MR) is 96.8 cm³/mol. The molecular weight excluding hydrogens is 326 g/mol. The van der Waals surface area contributed by atoms with E-state index in [0.29, 0.717) is 36.0 Å². The Bertz CT molecular complexity index is 713. The zero-order valence-corrected chi connectivity index (χ0v) is 14.1. The summed E-state index contributed by atoms with van der Waals surface area (Å²) in [6, 6.07) is 12.8. The number of carbonyl (C=O) groups excluding carboxylic acids is 1. The van der Waals surface area contributed by atoms with Crippen LogP contribution in [-0.4, -0.2) is 32.2 Å². The number of nitrogens with one attached hydrogen (secondary N) is 1. The Balaban J connectivity index is 1.83. The number of halogens is 1. The van der Waals surface area contributed by atoms with Gasteiger partial charge in [0.05, 0.1) is 29.6 Å². The predicted octanol–water partition coefficient (Wildman–Crippen LogP) is 2.89. The normalized spacial score (nSPS) is 14.5. The van der Waals surface area contributed by atoms with Crippen molar-refractivity contribution in [2.75, 3.05) is 36.5 Å². The minimum Gasteiger partial charge on any atom is -0.378 e. The van der Waals surface area contributed by atoms with Crippen LogP contribution in [0.4, 0.5) is 11.4 Å². The van der Waals surface area contributed by atoms with E-state index in [1.807, 2.05) is 30.3 Å². The summed E-state index contributed by atoms with van der Waals surface area (Å²) in [6.07, 6.45) is 0. The number of anilines is 2. The first-order valence-corrected chi connectivity index (χ1v) is 8.28. The van der Waals surface area contributed by atoms with E-state index in [9.17, 15) is 4.79 Å². The van der Waals surface area contributed by atoms with Gasteiger partial charge in [-0.2, -0.15) is 0 Å². The van der Waals surface area contributed by atoms with Crippen molar-refractivity contribution in [2.45, 2.75) is 6.54 Å². The van der Waals surface area contributed by atoms with E-state index in [1.54, 1.807) is 12.1 Å². The van der Waals surface area contributed by atoms with Gasteiger partial charge >= 0.3 is 0 Å². The Morgan fingerprint density at radius 2 is 1.88 bits per heavy atom. The molecule has 1 amide bonds. The molecule has 126 valence electrons. The van der Waals surface area contributed by atoms with Crippen LogP contribution in [0.25, 0.3) is 0 Å². The molecule has 3 N–H and O–H groups in total. The molecule has 0 aliphatic carbocycles. The molecule has 0 spiro atoms. The molecule has 0 bridgehead atoms. The zero-order valence-electron chi connectivity index (χ0n) is 13.3. The van der Waals surface area contributed by atoms with Crippen molar-refractivity contribution in [1.82, 2.24) is 0 Å². The second-order valence-electron chi connectivity index (χ2n) is 5.59. The third-order valence-corrected chi connectivity index (χ3v) is 4.32. The second kappa shape index (κ2) is 7.66. The van der Waals surface area contributed by atoms with Crippen LogP contribution in [0.3, 0.4) is 0 Å². The van der Waals surface area contributed by atoms with Gasteiger partial charge in [0.15, 0.2) is 0 Å². The maximum absolute atomic E-state index is 12.5. The molecule has 1 fully saturated rings. The first-order valence-electron chi connectivity index (χ1n) is 7.90. The maximum Gasteiger partial charge on any atom is 0.255 e. The van der Waals surface area contributed by atoms with E-state index in [1.165, 1.54) is 0 Å². The lowest BCUT2D eigenvalue weighted by Crippen LogP contribution is -2.37. The molecule has 6 heteroatoms. The highest BCUT2D eigenvalue weighted by Crippen LogP contribution is 2.34. The second-order valence-corrected chi connectivity index (χ2v) is 6.00. The summed E-state index contributed by atoms with van der Waals surface area (Å²) < 4.78 is 5.39. The Morgan fingerprint density at radius 1 is 1.17 bits per heavy atom. The third kappa shape index (κ3) is 3.70. The van der Waals surface area contributed by atoms with Gasteiger partial charge in [-0.05, 0) is 29.8 Å². The van der Waals surface area contributed by atoms with Crippen LogP contribution in [0, 0.1) is 0 Å². The lowest BCUT2D eigenvalue weighted by atomic mass is 10.1. The maximum atomic E-state index is 12.5. The van der Waals surface area contributed by atoms with Gasteiger partial charge in [0, 0.05) is 25.2 Å². The molecule has 0 radical (unpaired) electrons. The van der Waals surface area contributed by atoms with Gasteiger partial charge in [-0.15, -0.1) is 0 Å². The zero-order chi connectivity index (χ0) is 16.9. The Labute approximate surface area is 146 Å². The number of rotatable bonds is 4. The number of amides is 1. The van der Waals surface area contributed by atoms with E-state index in [0.717, 1.165) is 24.3 Å². The Kier molecular flexibility index (Phi) is 5.35. The number of ether oxygens (including phenoxy) is 1. The largest absolute Gasteiger partial charge is 0.378 e. The molecule has 2 aromatic carbocycles. The van der Waals surface area contributed by atoms with Crippen LogP contribution in [0.2, 0.25) is 5.02 Å². The van der Waals surface area contributed by atoms with Gasteiger partial charge in [0.1, 0.15) is 0 Å². The van der Waals surface area contributed by atoms with Gasteiger partial charge in [-0.3, -0.25) is 4.79 Å². The summed E-state index contributed by atoms with van der Waals surface area (Å²) in [5.74, 6) is -0.171. The van der Waals surface area contributed by atoms with Gasteiger partial charge in [0.25, 0.3) is 5.91 Å². The summed E-state index contributed by atoms with van der Waals surface area (Å²) >= 11 is 6.38. The summed E-state index contributed by atoms with van der Waals surface area (Å²) in [4.78, 5) is 14.7. The highest BCUT2D eigenvalue weighted by Gasteiger charge is 2.19. The van der Waals surface area contributed by atoms with E-state index in [4.69, 9.17) is 22.1 Å². The van der Waals surface area contributed by atoms with Crippen molar-refractivity contribution in [3.05, 3.63) is 58.6 Å². The number of para-hydroxylation sites is 1. The topological polar surface area (TPSA) is 67.6 Å². The number of benzene rings is 2. The molecule has 2 aromatic rings. The molecule has 0 atom stereocenters. The number of nitrogens with two attached hydrogens (primary N) is 1. The van der Waals surface area contributed by atoms with Crippen molar-refractivity contribution in [3.8, 4) is 0 Å². The van der Waals surface area contributed by atoms with Gasteiger partial charge in [0.2, 0.25) is 0 Å². The first kappa shape index (κ1) is 16.8. The smallest absolute Gasteiger partial charge is 0.255 e. The number of nitrogens with zero attached hydrogens (tertiary/aromatic N) is 1. The van der Waals surface area contributed by atoms with E-state index >= 15 is 0 Å². The number of hydrogen-bond acceptors (Lipinski definition) is 4. The quantitative estimate of drug-likeness (QED) is 0.894. The third-order valence-electron chi connectivity index (χ3n) is 4.01. The monoisotopic (exact) mass is 345 g/mol. The van der Waals surface area contributed by atoms with E-state index in [2.05, 4.69) is 10.2 Å². The Hall–Kier alpha value is -2.08. The highest BCUT2D eigenvalue weighted by molar-refractivity contribution is 6.34. The van der Waals surface area contributed by atoms with Crippen LogP contribution in [-0.2, 0) is 11.3 Å². The number of hydrogen-bond donors (Lipinski definition) is 2. The molecule has 1 aliphatic heterocycles. The molecule has 0 unspecified atom stereocenters. The average Bonchev–Trinajstić information content (AvgIpc) is 2.62. The standard InChI is InChI=1S/C18H20ClN3O2/c19-15-2-1-3-16(17(15)22-8-10-24-11-9-22)21-18(23)14-6-4-13(12-20)5-7-14/h1-7H,8-12,20H2,(H,21,23). The van der Waals surface area contributed by atoms with Crippen molar-refractivity contribution in [1.29, 1.82) is 0 Å². The van der Waals surface area contributed by atoms with Crippen LogP contribution >= 0.6 is 11.6 Å². The SMILES string of the molecule is NCc1ccc(C(=O)Nc2cccc(Cl)c2N2CCOCC2)cc1. The van der Waals surface area contributed by atoms with E-state index < -0.39 is 0 Å². The van der Waals surface area contributed by atoms with Gasteiger partial charge in [-0.1, -0.05) is 29.8 Å². The summed E-state index contributed by atoms with van der Waals surface area (Å²) in [5, 5.41) is 3.58. The number of carbonyl (C=O) groups is 1. The van der Waals surface area contributed by atoms with Crippen LogP contribution in [0.1, 0.15) is 15.9 Å². The lowest BCUT2D eigenvalue weighted by Gasteiger charge is -2.31. The summed E-state index contributed by atoms with van der Waals surface area (Å²) in [5.41, 5.74) is 8.71. The average molecular weight is 346 g/mol. The van der Waals surface area contributed by atoms with Crippen LogP contribution in [0.5, 0.6) is 0 Å². The summed E-state index contributed by atoms with van der Waals surface area (Å²) in [6.45, 7) is 3.26. The minimum absolute atomic E-state index is 0.171. The Morgan fingerprint density at radius 3 is 2.54 bits per heavy atom. The first-order chi connectivity index (χ1) is 11.7. The summed E-state index contributed by atoms with van der Waals surface area (Å²) in [7, 11) is 0. The van der Waals surface area contributed by atoms with Crippen molar-refractivity contribution in [2.24, 2.45) is 5.73 Å². The minimum atomic E-state index is -0.171. The van der Waals surface area contributed by atoms with E-state index in [-0.39, 0.29) is 5.91 Å². The fourth-order valence-electron chi connectivity index (χ4n) is 2.71. The lowest BCUT2D eigenvalue weighted by molar-refractivity contribution is 0.102. The molecular formula is C18H20ClN3O2. The van der Waals surface area contributed by atoms with Gasteiger partial charge < -0.3 is 20.7 Å². The number of morpholine rings is 1. The van der Waals surface area contributed by atoms with Crippen LogP contribution < -0.4 is 16.0 Å². The van der Waals surface area contributed by atoms with Crippen molar-refractivity contribution >= 4 is 28.9 Å². The van der Waals surface area contributed by atoms with Crippen molar-refractivity contribution < 1.29 is 9.53 Å². The molecule has 0 saturated carbocycles. The fraction of sp³-hybridized carbons (Fsp3) is 0.278. The highest BCUT2D eigenvalue weighted by atomic mass is 35.5. The molecule has 1 aliphatic rings. The molecule has 0 aromatic heterocycles. The fourth-order valence-corrected chi connectivity index (χ4v) is 3.01. The molecule has 24 heavy (non-hydrogen) atoms. The van der Waals surface area contributed by atoms with Gasteiger partial charge in [-0.25, -0.2) is 0 Å².